The van der Waals surface area contributed by atoms with Crippen LogP contribution >= 0.6 is 0 Å². The van der Waals surface area contributed by atoms with Gasteiger partial charge in [0.1, 0.15) is 11.6 Å². The molecule has 8 heteroatoms. The Morgan fingerprint density at radius 2 is 2.14 bits per heavy atom. The van der Waals surface area contributed by atoms with Crippen LogP contribution in [0.2, 0.25) is 0 Å². The van der Waals surface area contributed by atoms with E-state index in [1.165, 1.54) is 16.8 Å². The molecule has 0 spiro atoms. The van der Waals surface area contributed by atoms with Crippen LogP contribution in [0.25, 0.3) is 5.69 Å². The van der Waals surface area contributed by atoms with Gasteiger partial charge < -0.3 is 10.0 Å². The molecule has 1 atom stereocenters. The number of carboxylic acid groups (broad SMARTS) is 1. The van der Waals surface area contributed by atoms with E-state index >= 15 is 0 Å². The summed E-state index contributed by atoms with van der Waals surface area (Å²) in [5.74, 6) is -0.614. The monoisotopic (exact) mass is 388 g/mol. The summed E-state index contributed by atoms with van der Waals surface area (Å²) in [6.45, 7) is 5.00. The molecule has 0 saturated carbocycles. The first kappa shape index (κ1) is 20.0. The number of carboxylic acids is 1. The fourth-order valence-corrected chi connectivity index (χ4v) is 3.54. The fraction of sp³-hybridized carbons (Fsp3) is 0.500. The van der Waals surface area contributed by atoms with Crippen molar-refractivity contribution in [2.75, 3.05) is 13.1 Å². The number of hydrogen-bond acceptors (Lipinski definition) is 4. The van der Waals surface area contributed by atoms with Gasteiger partial charge in [0.15, 0.2) is 0 Å². The lowest BCUT2D eigenvalue weighted by molar-refractivity contribution is -0.137. The Balaban J connectivity index is 1.82. The van der Waals surface area contributed by atoms with Crippen LogP contribution in [0.3, 0.4) is 0 Å². The number of aromatic nitrogens is 3. The molecule has 1 saturated heterocycles. The molecule has 1 aromatic carbocycles. The normalized spacial score (nSPS) is 17.1. The second-order valence-electron chi connectivity index (χ2n) is 7.53. The van der Waals surface area contributed by atoms with Gasteiger partial charge in [-0.1, -0.05) is 19.9 Å². The van der Waals surface area contributed by atoms with Crippen molar-refractivity contribution >= 4 is 11.9 Å². The number of benzene rings is 1. The van der Waals surface area contributed by atoms with Gasteiger partial charge in [0.05, 0.1) is 5.69 Å². The number of carbonyl (C=O) groups excluding carboxylic acids is 1. The van der Waals surface area contributed by atoms with Crippen LogP contribution in [0, 0.1) is 11.7 Å². The minimum Gasteiger partial charge on any atom is -0.481 e. The average Bonchev–Trinajstić information content (AvgIpc) is 3.12. The lowest BCUT2D eigenvalue weighted by Gasteiger charge is -2.31. The molecule has 1 amide bonds. The van der Waals surface area contributed by atoms with Crippen LogP contribution in [0.15, 0.2) is 24.3 Å². The fourth-order valence-electron chi connectivity index (χ4n) is 3.54. The van der Waals surface area contributed by atoms with Crippen LogP contribution < -0.4 is 0 Å². The number of aliphatic carboxylic acids is 1. The van der Waals surface area contributed by atoms with E-state index in [0.29, 0.717) is 31.0 Å². The van der Waals surface area contributed by atoms with Gasteiger partial charge in [-0.25, -0.2) is 14.1 Å². The zero-order valence-electron chi connectivity index (χ0n) is 16.1. The van der Waals surface area contributed by atoms with Gasteiger partial charge in [0.2, 0.25) is 5.82 Å². The summed E-state index contributed by atoms with van der Waals surface area (Å²) in [5.41, 5.74) is 0.522. The largest absolute Gasteiger partial charge is 0.481 e. The molecule has 1 aliphatic heterocycles. The smallest absolute Gasteiger partial charge is 0.303 e. The molecule has 3 rings (SSSR count). The van der Waals surface area contributed by atoms with Crippen molar-refractivity contribution in [3.05, 3.63) is 41.7 Å². The van der Waals surface area contributed by atoms with Crippen molar-refractivity contribution in [1.82, 2.24) is 19.7 Å². The van der Waals surface area contributed by atoms with E-state index in [-0.39, 0.29) is 35.8 Å². The maximum atomic E-state index is 13.6. The maximum absolute atomic E-state index is 13.6. The number of amides is 1. The van der Waals surface area contributed by atoms with Gasteiger partial charge >= 0.3 is 5.97 Å². The number of halogens is 1. The highest BCUT2D eigenvalue weighted by Crippen LogP contribution is 2.23. The number of hydrogen-bond donors (Lipinski definition) is 1. The second kappa shape index (κ2) is 8.50. The van der Waals surface area contributed by atoms with Crippen LogP contribution in [0.5, 0.6) is 0 Å². The molecule has 0 unspecified atom stereocenters. The number of piperidine rings is 1. The molecule has 0 bridgehead atoms. The topological polar surface area (TPSA) is 88.3 Å². The third kappa shape index (κ3) is 4.55. The number of rotatable bonds is 6. The quantitative estimate of drug-likeness (QED) is 0.821. The molecule has 1 fully saturated rings. The molecule has 0 aliphatic carbocycles. The molecular weight excluding hydrogens is 363 g/mol. The SMILES string of the molecule is CC(C)c1nc(C(=O)N2CCC[C@@H](CCC(=O)O)C2)nn1-c1cccc(F)c1. The molecule has 1 aliphatic rings. The Bertz CT molecular complexity index is 865. The first-order valence-electron chi connectivity index (χ1n) is 9.59. The third-order valence-corrected chi connectivity index (χ3v) is 4.97. The Kier molecular flexibility index (Phi) is 6.06. The van der Waals surface area contributed by atoms with E-state index in [1.807, 2.05) is 13.8 Å². The van der Waals surface area contributed by atoms with E-state index in [1.54, 1.807) is 17.0 Å². The lowest BCUT2D eigenvalue weighted by atomic mass is 9.93. The number of carbonyl (C=O) groups is 2. The average molecular weight is 388 g/mol. The van der Waals surface area contributed by atoms with Gasteiger partial charge in [-0.2, -0.15) is 0 Å². The summed E-state index contributed by atoms with van der Waals surface area (Å²) in [4.78, 5) is 29.9. The summed E-state index contributed by atoms with van der Waals surface area (Å²) < 4.78 is 15.2. The van der Waals surface area contributed by atoms with Crippen molar-refractivity contribution < 1.29 is 19.1 Å². The molecule has 1 N–H and O–H groups in total. The highest BCUT2D eigenvalue weighted by Gasteiger charge is 2.28. The third-order valence-electron chi connectivity index (χ3n) is 4.97. The van der Waals surface area contributed by atoms with Gasteiger partial charge in [0.25, 0.3) is 5.91 Å². The van der Waals surface area contributed by atoms with Crippen LogP contribution in [-0.2, 0) is 4.79 Å². The van der Waals surface area contributed by atoms with E-state index in [9.17, 15) is 14.0 Å². The number of likely N-dealkylation sites (tertiary alicyclic amines) is 1. The van der Waals surface area contributed by atoms with Crippen molar-refractivity contribution in [3.8, 4) is 5.69 Å². The minimum absolute atomic E-state index is 0.00184. The summed E-state index contributed by atoms with van der Waals surface area (Å²) in [6.07, 6.45) is 2.41. The molecular formula is C20H25FN4O3. The van der Waals surface area contributed by atoms with E-state index in [0.717, 1.165) is 12.8 Å². The molecule has 28 heavy (non-hydrogen) atoms. The van der Waals surface area contributed by atoms with E-state index < -0.39 is 5.97 Å². The Morgan fingerprint density at radius 1 is 1.36 bits per heavy atom. The Morgan fingerprint density at radius 3 is 2.82 bits per heavy atom. The van der Waals surface area contributed by atoms with Gasteiger partial charge in [-0.15, -0.1) is 5.10 Å². The van der Waals surface area contributed by atoms with Crippen molar-refractivity contribution in [3.63, 3.8) is 0 Å². The van der Waals surface area contributed by atoms with Gasteiger partial charge in [-0.05, 0) is 43.4 Å². The maximum Gasteiger partial charge on any atom is 0.303 e. The van der Waals surface area contributed by atoms with Crippen LogP contribution in [0.1, 0.15) is 61.9 Å². The lowest BCUT2D eigenvalue weighted by Crippen LogP contribution is -2.40. The Labute approximate surface area is 163 Å². The number of nitrogens with zero attached hydrogens (tertiary/aromatic N) is 4. The predicted octanol–water partition coefficient (Wildman–Crippen LogP) is 3.25. The zero-order valence-corrected chi connectivity index (χ0v) is 16.1. The highest BCUT2D eigenvalue weighted by molar-refractivity contribution is 5.90. The van der Waals surface area contributed by atoms with Crippen molar-refractivity contribution in [2.24, 2.45) is 5.92 Å². The highest BCUT2D eigenvalue weighted by atomic mass is 19.1. The summed E-state index contributed by atoms with van der Waals surface area (Å²) in [7, 11) is 0. The molecule has 7 nitrogen and oxygen atoms in total. The first-order chi connectivity index (χ1) is 13.3. The predicted molar refractivity (Wildman–Crippen MR) is 101 cm³/mol. The Hall–Kier alpha value is -2.77. The van der Waals surface area contributed by atoms with Crippen LogP contribution in [-0.4, -0.2) is 49.7 Å². The minimum atomic E-state index is -0.819. The molecule has 2 heterocycles. The summed E-state index contributed by atoms with van der Waals surface area (Å²) in [5, 5.41) is 13.3. The zero-order chi connectivity index (χ0) is 20.3. The standard InChI is InChI=1S/C20H25FN4O3/c1-13(2)19-22-18(23-25(19)16-7-3-6-15(21)11-16)20(28)24-10-4-5-14(12-24)8-9-17(26)27/h3,6-7,11,13-14H,4-5,8-10,12H2,1-2H3,(H,26,27)/t14-/m0/s1. The second-order valence-corrected chi connectivity index (χ2v) is 7.53. The van der Waals surface area contributed by atoms with Gasteiger partial charge in [0, 0.05) is 25.4 Å². The summed E-state index contributed by atoms with van der Waals surface area (Å²) in [6, 6.07) is 6.03. The molecule has 0 radical (unpaired) electrons. The molecule has 1 aromatic heterocycles. The van der Waals surface area contributed by atoms with E-state index in [2.05, 4.69) is 10.1 Å². The van der Waals surface area contributed by atoms with E-state index in [4.69, 9.17) is 5.11 Å². The molecule has 2 aromatic rings. The first-order valence-corrected chi connectivity index (χ1v) is 9.59. The summed E-state index contributed by atoms with van der Waals surface area (Å²) >= 11 is 0. The molecule has 150 valence electrons. The van der Waals surface area contributed by atoms with Crippen molar-refractivity contribution in [2.45, 2.75) is 45.4 Å². The van der Waals surface area contributed by atoms with Crippen LogP contribution in [0.4, 0.5) is 4.39 Å². The van der Waals surface area contributed by atoms with Crippen molar-refractivity contribution in [1.29, 1.82) is 0 Å². The van der Waals surface area contributed by atoms with Gasteiger partial charge in [-0.3, -0.25) is 9.59 Å².